The molecule has 0 spiro atoms. The number of benzene rings is 1. The molecule has 0 unspecified atom stereocenters. The number of ether oxygens (including phenoxy) is 1. The molecule has 0 aliphatic carbocycles. The summed E-state index contributed by atoms with van der Waals surface area (Å²) in [7, 11) is -2.78. The van der Waals surface area contributed by atoms with Crippen molar-refractivity contribution < 1.29 is 22.7 Å². The van der Waals surface area contributed by atoms with Crippen molar-refractivity contribution in [3.8, 4) is 0 Å². The molecule has 2 atom stereocenters. The largest absolute Gasteiger partial charge is 0.468 e. The van der Waals surface area contributed by atoms with Crippen molar-refractivity contribution in [1.29, 1.82) is 0 Å². The van der Waals surface area contributed by atoms with Gasteiger partial charge in [0, 0.05) is 0 Å². The molecule has 8 heteroatoms. The minimum absolute atomic E-state index is 0.0310. The van der Waals surface area contributed by atoms with Crippen LogP contribution in [0.4, 0.5) is 0 Å². The predicted molar refractivity (Wildman–Crippen MR) is 89.6 cm³/mol. The maximum atomic E-state index is 12.5. The molecular formula is C15H21NO5S2. The van der Waals surface area contributed by atoms with Crippen LogP contribution in [0.2, 0.25) is 0 Å². The summed E-state index contributed by atoms with van der Waals surface area (Å²) in [6.45, 7) is 3.56. The van der Waals surface area contributed by atoms with Crippen LogP contribution in [0.25, 0.3) is 0 Å². The molecule has 0 bridgehead atoms. The van der Waals surface area contributed by atoms with Crippen LogP contribution in [0, 0.1) is 12.8 Å². The van der Waals surface area contributed by atoms with E-state index in [9.17, 15) is 18.0 Å². The minimum atomic E-state index is -3.94. The first kappa shape index (κ1) is 19.7. The molecule has 0 aliphatic heterocycles. The summed E-state index contributed by atoms with van der Waals surface area (Å²) in [5.41, 5.74) is 0.914. The predicted octanol–water partition coefficient (Wildman–Crippen LogP) is 1.73. The fraction of sp³-hybridized carbons (Fsp3) is 0.467. The first-order valence-electron chi connectivity index (χ1n) is 7.01. The van der Waals surface area contributed by atoms with Gasteiger partial charge in [-0.3, -0.25) is 9.59 Å². The van der Waals surface area contributed by atoms with Crippen LogP contribution in [0.15, 0.2) is 29.2 Å². The van der Waals surface area contributed by atoms with Crippen LogP contribution in [-0.4, -0.2) is 38.9 Å². The fourth-order valence-corrected chi connectivity index (χ4v) is 3.89. The Balaban J connectivity index is 3.16. The molecule has 1 rings (SSSR count). The normalized spacial score (nSPS) is 14.1. The third kappa shape index (κ3) is 5.05. The third-order valence-corrected chi connectivity index (χ3v) is 5.58. The van der Waals surface area contributed by atoms with E-state index in [0.717, 1.165) is 24.4 Å². The van der Waals surface area contributed by atoms with Gasteiger partial charge in [0.05, 0.1) is 17.9 Å². The number of methoxy groups -OCH3 is 1. The van der Waals surface area contributed by atoms with Gasteiger partial charge in [0.2, 0.25) is 10.0 Å². The molecular weight excluding hydrogens is 338 g/mol. The van der Waals surface area contributed by atoms with E-state index in [1.54, 1.807) is 25.3 Å². The highest BCUT2D eigenvalue weighted by atomic mass is 32.2. The Morgan fingerprint density at radius 1 is 1.26 bits per heavy atom. The summed E-state index contributed by atoms with van der Waals surface area (Å²) >= 11 is 0.956. The summed E-state index contributed by atoms with van der Waals surface area (Å²) in [4.78, 5) is 24.0. The third-order valence-electron chi connectivity index (χ3n) is 3.41. The number of aryl methyl sites for hydroxylation is 1. The summed E-state index contributed by atoms with van der Waals surface area (Å²) in [6.07, 6.45) is 1.91. The van der Waals surface area contributed by atoms with Gasteiger partial charge in [0.25, 0.3) is 0 Å². The molecule has 0 radical (unpaired) electrons. The van der Waals surface area contributed by atoms with Gasteiger partial charge < -0.3 is 4.74 Å². The lowest BCUT2D eigenvalue weighted by atomic mass is 9.99. The molecule has 0 fully saturated rings. The van der Waals surface area contributed by atoms with Crippen molar-refractivity contribution in [2.24, 2.45) is 5.92 Å². The van der Waals surface area contributed by atoms with Gasteiger partial charge in [0.15, 0.2) is 5.12 Å². The Hall–Kier alpha value is -1.38. The molecule has 0 aliphatic rings. The van der Waals surface area contributed by atoms with E-state index in [1.807, 2.05) is 6.92 Å². The van der Waals surface area contributed by atoms with E-state index >= 15 is 0 Å². The molecule has 0 aromatic heterocycles. The van der Waals surface area contributed by atoms with E-state index < -0.39 is 28.0 Å². The number of sulfonamides is 1. The van der Waals surface area contributed by atoms with Gasteiger partial charge in [-0.2, -0.15) is 4.72 Å². The average Bonchev–Trinajstić information content (AvgIpc) is 2.53. The Morgan fingerprint density at radius 2 is 1.83 bits per heavy atom. The number of hydrogen-bond acceptors (Lipinski definition) is 6. The number of esters is 1. The highest BCUT2D eigenvalue weighted by molar-refractivity contribution is 8.13. The molecule has 0 heterocycles. The second-order valence-corrected chi connectivity index (χ2v) is 7.50. The Bertz CT molecular complexity index is 655. The zero-order valence-corrected chi connectivity index (χ0v) is 15.2. The van der Waals surface area contributed by atoms with Crippen molar-refractivity contribution in [3.63, 3.8) is 0 Å². The number of thioether (sulfide) groups is 1. The van der Waals surface area contributed by atoms with E-state index in [2.05, 4.69) is 9.46 Å². The van der Waals surface area contributed by atoms with Crippen LogP contribution >= 0.6 is 11.8 Å². The van der Waals surface area contributed by atoms with Crippen molar-refractivity contribution in [2.45, 2.75) is 31.2 Å². The second-order valence-electron chi connectivity index (χ2n) is 4.97. The van der Waals surface area contributed by atoms with Gasteiger partial charge in [-0.15, -0.1) is 0 Å². The first-order valence-corrected chi connectivity index (χ1v) is 9.72. The molecule has 6 nitrogen and oxygen atoms in total. The van der Waals surface area contributed by atoms with E-state index in [0.29, 0.717) is 6.42 Å². The zero-order chi connectivity index (χ0) is 17.6. The molecule has 0 saturated carbocycles. The molecule has 0 amide bonds. The molecule has 23 heavy (non-hydrogen) atoms. The zero-order valence-electron chi connectivity index (χ0n) is 13.5. The number of carbonyl (C=O) groups is 2. The molecule has 0 saturated heterocycles. The summed E-state index contributed by atoms with van der Waals surface area (Å²) in [5, 5.41) is -0.269. The average molecular weight is 359 g/mol. The number of rotatable bonds is 7. The maximum Gasteiger partial charge on any atom is 0.324 e. The quantitative estimate of drug-likeness (QED) is 0.746. The summed E-state index contributed by atoms with van der Waals surface area (Å²) in [6, 6.07) is 4.96. The van der Waals surface area contributed by atoms with Gasteiger partial charge in [0.1, 0.15) is 6.04 Å². The van der Waals surface area contributed by atoms with Crippen molar-refractivity contribution in [2.75, 3.05) is 13.4 Å². The maximum absolute atomic E-state index is 12.5. The SMILES string of the molecule is CC[C@H](C(=O)SC)[C@@H](NS(=O)(=O)c1ccc(C)cc1)C(=O)OC. The lowest BCUT2D eigenvalue weighted by Gasteiger charge is -2.23. The Kier molecular flexibility index (Phi) is 7.24. The van der Waals surface area contributed by atoms with Gasteiger partial charge in [-0.05, 0) is 31.7 Å². The second kappa shape index (κ2) is 8.47. The van der Waals surface area contributed by atoms with Crippen LogP contribution in [0.1, 0.15) is 18.9 Å². The minimum Gasteiger partial charge on any atom is -0.468 e. The Labute approximate surface area is 141 Å². The number of carbonyl (C=O) groups excluding carboxylic acids is 2. The van der Waals surface area contributed by atoms with Crippen molar-refractivity contribution >= 4 is 32.9 Å². The Morgan fingerprint density at radius 3 is 2.26 bits per heavy atom. The number of hydrogen-bond donors (Lipinski definition) is 1. The van der Waals surface area contributed by atoms with Crippen LogP contribution < -0.4 is 4.72 Å². The van der Waals surface area contributed by atoms with Crippen molar-refractivity contribution in [3.05, 3.63) is 29.8 Å². The van der Waals surface area contributed by atoms with Crippen LogP contribution in [0.5, 0.6) is 0 Å². The topological polar surface area (TPSA) is 89.5 Å². The molecule has 1 aromatic rings. The van der Waals surface area contributed by atoms with Crippen LogP contribution in [0.3, 0.4) is 0 Å². The highest BCUT2D eigenvalue weighted by Gasteiger charge is 2.36. The van der Waals surface area contributed by atoms with Gasteiger partial charge in [-0.1, -0.05) is 36.4 Å². The molecule has 1 aromatic carbocycles. The van der Waals surface area contributed by atoms with E-state index in [1.165, 1.54) is 12.1 Å². The van der Waals surface area contributed by atoms with Gasteiger partial charge >= 0.3 is 5.97 Å². The fourth-order valence-electron chi connectivity index (χ4n) is 2.06. The van der Waals surface area contributed by atoms with Crippen molar-refractivity contribution in [1.82, 2.24) is 4.72 Å². The van der Waals surface area contributed by atoms with Gasteiger partial charge in [-0.25, -0.2) is 8.42 Å². The lowest BCUT2D eigenvalue weighted by Crippen LogP contribution is -2.48. The monoisotopic (exact) mass is 359 g/mol. The summed E-state index contributed by atoms with van der Waals surface area (Å²) < 4.78 is 31.9. The first-order chi connectivity index (χ1) is 10.8. The molecule has 1 N–H and O–H groups in total. The number of nitrogens with one attached hydrogen (secondary N) is 1. The van der Waals surface area contributed by atoms with Crippen LogP contribution in [-0.2, 0) is 24.3 Å². The smallest absolute Gasteiger partial charge is 0.324 e. The van der Waals surface area contributed by atoms with E-state index in [-0.39, 0.29) is 10.0 Å². The highest BCUT2D eigenvalue weighted by Crippen LogP contribution is 2.20. The summed E-state index contributed by atoms with van der Waals surface area (Å²) in [5.74, 6) is -1.58. The lowest BCUT2D eigenvalue weighted by molar-refractivity contribution is -0.145. The standard InChI is InChI=1S/C15H21NO5S2/c1-5-12(15(18)22-4)13(14(17)21-3)16-23(19,20)11-8-6-10(2)7-9-11/h6-9,12-13,16H,5H2,1-4H3/t12-,13+/m0/s1. The van der Waals surface area contributed by atoms with E-state index in [4.69, 9.17) is 0 Å². The molecule has 128 valence electrons.